The van der Waals surface area contributed by atoms with Gasteiger partial charge in [0.15, 0.2) is 0 Å². The average Bonchev–Trinajstić information content (AvgIpc) is 2.85. The van der Waals surface area contributed by atoms with Gasteiger partial charge in [-0.3, -0.25) is 9.36 Å². The predicted molar refractivity (Wildman–Crippen MR) is 137 cm³/mol. The smallest absolute Gasteiger partial charge is 0.261 e. The molecule has 4 aromatic rings. The van der Waals surface area contributed by atoms with Crippen LogP contribution in [-0.2, 0) is 16.6 Å². The average molecular weight is 478 g/mol. The molecule has 7 heteroatoms. The van der Waals surface area contributed by atoms with E-state index in [1.165, 1.54) is 4.31 Å². The lowest BCUT2D eigenvalue weighted by atomic mass is 10.1. The highest BCUT2D eigenvalue weighted by atomic mass is 32.2. The van der Waals surface area contributed by atoms with Crippen LogP contribution in [0.2, 0.25) is 0 Å². The molecule has 0 aliphatic heterocycles. The minimum atomic E-state index is -3.83. The molecule has 0 aliphatic carbocycles. The zero-order valence-corrected chi connectivity index (χ0v) is 20.8. The van der Waals surface area contributed by atoms with Gasteiger partial charge in [-0.2, -0.15) is 4.31 Å². The molecule has 0 N–H and O–H groups in total. The Bertz CT molecular complexity index is 1480. The van der Waals surface area contributed by atoms with Crippen molar-refractivity contribution in [2.24, 2.45) is 0 Å². The van der Waals surface area contributed by atoms with E-state index in [1.807, 2.05) is 56.3 Å². The Morgan fingerprint density at radius 1 is 0.941 bits per heavy atom. The van der Waals surface area contributed by atoms with E-state index in [0.29, 0.717) is 29.8 Å². The number of hydrogen-bond acceptors (Lipinski definition) is 4. The fourth-order valence-corrected chi connectivity index (χ4v) is 6.11. The third kappa shape index (κ3) is 4.50. The highest BCUT2D eigenvalue weighted by molar-refractivity contribution is 7.89. The van der Waals surface area contributed by atoms with Gasteiger partial charge in [0, 0.05) is 13.1 Å². The molecule has 0 fully saturated rings. The number of hydrogen-bond donors (Lipinski definition) is 0. The summed E-state index contributed by atoms with van der Waals surface area (Å²) in [5, 5.41) is 2.40. The van der Waals surface area contributed by atoms with E-state index in [0.717, 1.165) is 30.0 Å². The van der Waals surface area contributed by atoms with Crippen LogP contribution in [0.5, 0.6) is 0 Å². The standard InChI is InChI=1S/C27H31N3O3S/c1-4-6-11-18-30(34(32,33)23-17-16-21-12-7-8-13-22(21)19-23)20(3)26-28-25-15-10-9-14-24(25)27(31)29(26)5-2/h7-10,12-17,19-20H,4-6,11,18H2,1-3H3. The second kappa shape index (κ2) is 10.1. The van der Waals surface area contributed by atoms with Crippen LogP contribution in [0.3, 0.4) is 0 Å². The molecular weight excluding hydrogens is 446 g/mol. The van der Waals surface area contributed by atoms with E-state index in [-0.39, 0.29) is 10.5 Å². The Hall–Kier alpha value is -3.03. The van der Waals surface area contributed by atoms with Crippen LogP contribution < -0.4 is 5.56 Å². The monoisotopic (exact) mass is 477 g/mol. The van der Waals surface area contributed by atoms with Gasteiger partial charge < -0.3 is 0 Å². The Labute approximate surface area is 200 Å². The van der Waals surface area contributed by atoms with E-state index in [9.17, 15) is 13.2 Å². The van der Waals surface area contributed by atoms with Crippen molar-refractivity contribution in [3.63, 3.8) is 0 Å². The highest BCUT2D eigenvalue weighted by Crippen LogP contribution is 2.29. The van der Waals surface area contributed by atoms with E-state index >= 15 is 0 Å². The van der Waals surface area contributed by atoms with Crippen LogP contribution in [0.25, 0.3) is 21.7 Å². The summed E-state index contributed by atoms with van der Waals surface area (Å²) >= 11 is 0. The molecule has 0 spiro atoms. The lowest BCUT2D eigenvalue weighted by Crippen LogP contribution is -2.38. The van der Waals surface area contributed by atoms with Crippen molar-refractivity contribution in [3.05, 3.63) is 82.9 Å². The number of para-hydroxylation sites is 1. The summed E-state index contributed by atoms with van der Waals surface area (Å²) in [6.07, 6.45) is 2.63. The van der Waals surface area contributed by atoms with Gasteiger partial charge in [0.05, 0.1) is 21.8 Å². The van der Waals surface area contributed by atoms with Crippen molar-refractivity contribution in [2.75, 3.05) is 6.54 Å². The quantitative estimate of drug-likeness (QED) is 0.298. The second-order valence-electron chi connectivity index (χ2n) is 8.54. The third-order valence-electron chi connectivity index (χ3n) is 6.32. The molecular formula is C27H31N3O3S. The molecule has 0 amide bonds. The van der Waals surface area contributed by atoms with Gasteiger partial charge in [-0.15, -0.1) is 0 Å². The van der Waals surface area contributed by atoms with E-state index < -0.39 is 16.1 Å². The zero-order chi connectivity index (χ0) is 24.3. The van der Waals surface area contributed by atoms with E-state index in [2.05, 4.69) is 6.92 Å². The maximum atomic E-state index is 13.9. The summed E-state index contributed by atoms with van der Waals surface area (Å²) in [6, 6.07) is 19.6. The first-order valence-electron chi connectivity index (χ1n) is 11.9. The minimum Gasteiger partial charge on any atom is -0.295 e. The van der Waals surface area contributed by atoms with Crippen LogP contribution in [0.1, 0.15) is 51.9 Å². The van der Waals surface area contributed by atoms with E-state index in [1.54, 1.807) is 28.8 Å². The molecule has 178 valence electrons. The number of aromatic nitrogens is 2. The second-order valence-corrected chi connectivity index (χ2v) is 10.4. The molecule has 4 rings (SSSR count). The van der Waals surface area contributed by atoms with Crippen molar-refractivity contribution in [1.29, 1.82) is 0 Å². The number of nitrogens with zero attached hydrogens (tertiary/aromatic N) is 3. The van der Waals surface area contributed by atoms with Crippen LogP contribution in [-0.4, -0.2) is 28.8 Å². The SMILES string of the molecule is CCCCCN(C(C)c1nc2ccccc2c(=O)n1CC)S(=O)(=O)c1ccc2ccccc2c1. The molecule has 0 saturated carbocycles. The maximum absolute atomic E-state index is 13.9. The predicted octanol–water partition coefficient (Wildman–Crippen LogP) is 5.51. The fourth-order valence-electron chi connectivity index (χ4n) is 4.44. The van der Waals surface area contributed by atoms with E-state index in [4.69, 9.17) is 4.98 Å². The van der Waals surface area contributed by atoms with Crippen molar-refractivity contribution in [2.45, 2.75) is 57.5 Å². The first kappa shape index (κ1) is 24.1. The fraction of sp³-hybridized carbons (Fsp3) is 0.333. The molecule has 6 nitrogen and oxygen atoms in total. The third-order valence-corrected chi connectivity index (χ3v) is 8.29. The first-order valence-corrected chi connectivity index (χ1v) is 13.3. The van der Waals surface area contributed by atoms with Gasteiger partial charge in [-0.05, 0) is 55.3 Å². The summed E-state index contributed by atoms with van der Waals surface area (Å²) < 4.78 is 31.0. The topological polar surface area (TPSA) is 72.3 Å². The zero-order valence-electron chi connectivity index (χ0n) is 19.9. The van der Waals surface area contributed by atoms with Crippen molar-refractivity contribution in [1.82, 2.24) is 13.9 Å². The van der Waals surface area contributed by atoms with Crippen molar-refractivity contribution in [3.8, 4) is 0 Å². The van der Waals surface area contributed by atoms with Crippen LogP contribution >= 0.6 is 0 Å². The van der Waals surface area contributed by atoms with Gasteiger partial charge >= 0.3 is 0 Å². The summed E-state index contributed by atoms with van der Waals surface area (Å²) in [4.78, 5) is 18.2. The van der Waals surface area contributed by atoms with Gasteiger partial charge in [0.25, 0.3) is 5.56 Å². The number of sulfonamides is 1. The highest BCUT2D eigenvalue weighted by Gasteiger charge is 2.32. The number of unbranched alkanes of at least 4 members (excludes halogenated alkanes) is 2. The summed E-state index contributed by atoms with van der Waals surface area (Å²) in [7, 11) is -3.83. The lowest BCUT2D eigenvalue weighted by molar-refractivity contribution is 0.314. The molecule has 1 aromatic heterocycles. The molecule has 0 bridgehead atoms. The van der Waals surface area contributed by atoms with Gasteiger partial charge in [-0.1, -0.05) is 62.2 Å². The Morgan fingerprint density at radius 2 is 1.65 bits per heavy atom. The van der Waals surface area contributed by atoms with Crippen molar-refractivity contribution < 1.29 is 8.42 Å². The van der Waals surface area contributed by atoms with Crippen molar-refractivity contribution >= 4 is 31.7 Å². The van der Waals surface area contributed by atoms with Crippen LogP contribution in [0.15, 0.2) is 76.4 Å². The molecule has 0 saturated heterocycles. The maximum Gasteiger partial charge on any atom is 0.261 e. The number of rotatable bonds is 9. The minimum absolute atomic E-state index is 0.147. The van der Waals surface area contributed by atoms with Crippen LogP contribution in [0, 0.1) is 0 Å². The summed E-state index contributed by atoms with van der Waals surface area (Å²) in [5.74, 6) is 0.465. The molecule has 3 aromatic carbocycles. The molecule has 1 unspecified atom stereocenters. The Balaban J connectivity index is 1.84. The molecule has 0 radical (unpaired) electrons. The Morgan fingerprint density at radius 3 is 2.38 bits per heavy atom. The van der Waals surface area contributed by atoms with Crippen LogP contribution in [0.4, 0.5) is 0 Å². The van der Waals surface area contributed by atoms with Gasteiger partial charge in [0.1, 0.15) is 5.82 Å². The van der Waals surface area contributed by atoms with Gasteiger partial charge in [-0.25, -0.2) is 13.4 Å². The summed E-state index contributed by atoms with van der Waals surface area (Å²) in [5.41, 5.74) is 0.433. The Kier molecular flexibility index (Phi) is 7.14. The largest absolute Gasteiger partial charge is 0.295 e. The van der Waals surface area contributed by atoms with Gasteiger partial charge in [0.2, 0.25) is 10.0 Å². The first-order chi connectivity index (χ1) is 16.4. The molecule has 1 heterocycles. The molecule has 34 heavy (non-hydrogen) atoms. The lowest BCUT2D eigenvalue weighted by Gasteiger charge is -2.29. The number of fused-ring (bicyclic) bond motifs is 2. The molecule has 0 aliphatic rings. The number of benzene rings is 3. The molecule has 1 atom stereocenters. The normalized spacial score (nSPS) is 13.1. The summed E-state index contributed by atoms with van der Waals surface area (Å²) in [6.45, 7) is 6.57.